The lowest BCUT2D eigenvalue weighted by Gasteiger charge is -2.02. The van der Waals surface area contributed by atoms with Crippen molar-refractivity contribution in [1.82, 2.24) is 14.8 Å². The van der Waals surface area contributed by atoms with E-state index in [2.05, 4.69) is 15.4 Å². The maximum absolute atomic E-state index is 11.9. The van der Waals surface area contributed by atoms with Crippen LogP contribution in [-0.2, 0) is 17.8 Å². The number of nitrogens with zero attached hydrogens (tertiary/aromatic N) is 3. The molecule has 0 aliphatic heterocycles. The number of carbonyl (C=O) groups is 1. The van der Waals surface area contributed by atoms with Crippen molar-refractivity contribution in [3.63, 3.8) is 0 Å². The standard InChI is InChI=1S/C19H18N4O/c24-19(7-6-16-4-2-1-3-5-16)21-18-11-15-23(22-18)14-10-17-8-12-20-13-9-17/h1-9,11-13,15H,10,14H2,(H,21,22,24). The molecule has 1 aromatic carbocycles. The molecule has 0 aliphatic rings. The molecular formula is C19H18N4O. The molecule has 3 aromatic rings. The fraction of sp³-hybridized carbons (Fsp3) is 0.105. The molecule has 0 aliphatic carbocycles. The zero-order valence-electron chi connectivity index (χ0n) is 13.2. The molecule has 1 N–H and O–H groups in total. The number of aromatic nitrogens is 3. The normalized spacial score (nSPS) is 10.8. The van der Waals surface area contributed by atoms with Gasteiger partial charge < -0.3 is 5.32 Å². The van der Waals surface area contributed by atoms with E-state index >= 15 is 0 Å². The predicted octanol–water partition coefficient (Wildman–Crippen LogP) is 3.17. The molecule has 2 aromatic heterocycles. The van der Waals surface area contributed by atoms with Gasteiger partial charge in [0.1, 0.15) is 0 Å². The Hall–Kier alpha value is -3.21. The Morgan fingerprint density at radius 2 is 1.88 bits per heavy atom. The molecule has 5 heteroatoms. The van der Waals surface area contributed by atoms with Crippen LogP contribution >= 0.6 is 0 Å². The molecule has 0 fully saturated rings. The number of hydrogen-bond donors (Lipinski definition) is 1. The van der Waals surface area contributed by atoms with Crippen molar-refractivity contribution < 1.29 is 4.79 Å². The Bertz CT molecular complexity index is 810. The van der Waals surface area contributed by atoms with Crippen LogP contribution in [0.15, 0.2) is 73.2 Å². The van der Waals surface area contributed by atoms with Crippen molar-refractivity contribution >= 4 is 17.8 Å². The van der Waals surface area contributed by atoms with Gasteiger partial charge in [0.2, 0.25) is 5.91 Å². The van der Waals surface area contributed by atoms with E-state index < -0.39 is 0 Å². The van der Waals surface area contributed by atoms with E-state index in [9.17, 15) is 4.79 Å². The van der Waals surface area contributed by atoms with Crippen molar-refractivity contribution in [2.45, 2.75) is 13.0 Å². The van der Waals surface area contributed by atoms with Gasteiger partial charge in [-0.3, -0.25) is 14.5 Å². The number of hydrogen-bond acceptors (Lipinski definition) is 3. The second-order valence-electron chi connectivity index (χ2n) is 5.30. The van der Waals surface area contributed by atoms with Gasteiger partial charge in [0, 0.05) is 37.3 Å². The molecule has 24 heavy (non-hydrogen) atoms. The minimum absolute atomic E-state index is 0.196. The van der Waals surface area contributed by atoms with Crippen LogP contribution in [0.1, 0.15) is 11.1 Å². The second kappa shape index (κ2) is 7.87. The van der Waals surface area contributed by atoms with Gasteiger partial charge in [-0.15, -0.1) is 0 Å². The third kappa shape index (κ3) is 4.64. The SMILES string of the molecule is O=C(C=Cc1ccccc1)Nc1ccn(CCc2ccncc2)n1. The van der Waals surface area contributed by atoms with E-state index in [-0.39, 0.29) is 5.91 Å². The number of rotatable bonds is 6. The largest absolute Gasteiger partial charge is 0.306 e. The molecule has 120 valence electrons. The van der Waals surface area contributed by atoms with E-state index in [4.69, 9.17) is 0 Å². The first-order valence-electron chi connectivity index (χ1n) is 7.76. The highest BCUT2D eigenvalue weighted by Gasteiger charge is 2.02. The van der Waals surface area contributed by atoms with Crippen LogP contribution in [0.5, 0.6) is 0 Å². The van der Waals surface area contributed by atoms with Crippen molar-refractivity contribution in [3.8, 4) is 0 Å². The maximum atomic E-state index is 11.9. The quantitative estimate of drug-likeness (QED) is 0.710. The molecular weight excluding hydrogens is 300 g/mol. The summed E-state index contributed by atoms with van der Waals surface area (Å²) in [7, 11) is 0. The van der Waals surface area contributed by atoms with Crippen LogP contribution in [0.25, 0.3) is 6.08 Å². The average Bonchev–Trinajstić information content (AvgIpc) is 3.07. The molecule has 0 saturated heterocycles. The number of anilines is 1. The summed E-state index contributed by atoms with van der Waals surface area (Å²) in [5, 5.41) is 7.12. The van der Waals surface area contributed by atoms with Gasteiger partial charge in [-0.25, -0.2) is 0 Å². The summed E-state index contributed by atoms with van der Waals surface area (Å²) >= 11 is 0. The van der Waals surface area contributed by atoms with Gasteiger partial charge in [-0.1, -0.05) is 30.3 Å². The van der Waals surface area contributed by atoms with E-state index in [1.165, 1.54) is 11.6 Å². The summed E-state index contributed by atoms with van der Waals surface area (Å²) in [5.41, 5.74) is 2.19. The van der Waals surface area contributed by atoms with Crippen LogP contribution in [-0.4, -0.2) is 20.7 Å². The van der Waals surface area contributed by atoms with Crippen LogP contribution in [0.2, 0.25) is 0 Å². The summed E-state index contributed by atoms with van der Waals surface area (Å²) < 4.78 is 1.82. The minimum atomic E-state index is -0.196. The van der Waals surface area contributed by atoms with Crippen molar-refractivity contribution in [3.05, 3.63) is 84.3 Å². The van der Waals surface area contributed by atoms with Gasteiger partial charge in [0.15, 0.2) is 5.82 Å². The summed E-state index contributed by atoms with van der Waals surface area (Å²) in [6.45, 7) is 0.750. The van der Waals surface area contributed by atoms with Crippen molar-refractivity contribution in [2.75, 3.05) is 5.32 Å². The first-order valence-corrected chi connectivity index (χ1v) is 7.76. The lowest BCUT2D eigenvalue weighted by Crippen LogP contribution is -2.09. The van der Waals surface area contributed by atoms with Crippen LogP contribution in [0, 0.1) is 0 Å². The Labute approximate surface area is 140 Å². The summed E-state index contributed by atoms with van der Waals surface area (Å²) in [4.78, 5) is 15.9. The molecule has 0 saturated carbocycles. The number of benzene rings is 1. The highest BCUT2D eigenvalue weighted by atomic mass is 16.1. The monoisotopic (exact) mass is 318 g/mol. The molecule has 0 radical (unpaired) electrons. The van der Waals surface area contributed by atoms with E-state index in [1.54, 1.807) is 24.5 Å². The zero-order valence-corrected chi connectivity index (χ0v) is 13.2. The molecule has 3 rings (SSSR count). The Morgan fingerprint density at radius 3 is 2.67 bits per heavy atom. The molecule has 2 heterocycles. The fourth-order valence-electron chi connectivity index (χ4n) is 2.25. The molecule has 0 unspecified atom stereocenters. The summed E-state index contributed by atoms with van der Waals surface area (Å²) in [5.74, 6) is 0.352. The van der Waals surface area contributed by atoms with Gasteiger partial charge >= 0.3 is 0 Å². The maximum Gasteiger partial charge on any atom is 0.249 e. The number of carbonyl (C=O) groups excluding carboxylic acids is 1. The topological polar surface area (TPSA) is 59.8 Å². The number of amides is 1. The third-order valence-corrected chi connectivity index (χ3v) is 3.50. The molecule has 0 bridgehead atoms. The lowest BCUT2D eigenvalue weighted by atomic mass is 10.2. The first-order chi connectivity index (χ1) is 11.8. The predicted molar refractivity (Wildman–Crippen MR) is 94.3 cm³/mol. The van der Waals surface area contributed by atoms with E-state index in [0.29, 0.717) is 5.82 Å². The summed E-state index contributed by atoms with van der Waals surface area (Å²) in [6, 6.07) is 15.5. The van der Waals surface area contributed by atoms with Gasteiger partial charge in [0.25, 0.3) is 0 Å². The van der Waals surface area contributed by atoms with Gasteiger partial charge in [0.05, 0.1) is 0 Å². The third-order valence-electron chi connectivity index (χ3n) is 3.50. The van der Waals surface area contributed by atoms with Crippen LogP contribution in [0.4, 0.5) is 5.82 Å². The molecule has 0 atom stereocenters. The van der Waals surface area contributed by atoms with Gasteiger partial charge in [-0.2, -0.15) is 5.10 Å². The van der Waals surface area contributed by atoms with E-state index in [0.717, 1.165) is 18.5 Å². The number of aryl methyl sites for hydroxylation is 2. The highest BCUT2D eigenvalue weighted by molar-refractivity contribution is 6.01. The zero-order chi connectivity index (χ0) is 16.6. The lowest BCUT2D eigenvalue weighted by molar-refractivity contribution is -0.111. The van der Waals surface area contributed by atoms with Gasteiger partial charge in [-0.05, 0) is 35.8 Å². The minimum Gasteiger partial charge on any atom is -0.306 e. The Balaban J connectivity index is 1.52. The van der Waals surface area contributed by atoms with E-state index in [1.807, 2.05) is 53.3 Å². The number of nitrogens with one attached hydrogen (secondary N) is 1. The molecule has 5 nitrogen and oxygen atoms in total. The fourth-order valence-corrected chi connectivity index (χ4v) is 2.25. The first kappa shape index (κ1) is 15.7. The second-order valence-corrected chi connectivity index (χ2v) is 5.30. The molecule has 1 amide bonds. The number of pyridine rings is 1. The summed E-state index contributed by atoms with van der Waals surface area (Å²) in [6.07, 6.45) is 9.57. The Morgan fingerprint density at radius 1 is 1.08 bits per heavy atom. The van der Waals surface area contributed by atoms with Crippen LogP contribution < -0.4 is 5.32 Å². The smallest absolute Gasteiger partial charge is 0.249 e. The Kier molecular flexibility index (Phi) is 5.14. The molecule has 0 spiro atoms. The van der Waals surface area contributed by atoms with Crippen LogP contribution in [0.3, 0.4) is 0 Å². The highest BCUT2D eigenvalue weighted by Crippen LogP contribution is 2.06. The van der Waals surface area contributed by atoms with Crippen molar-refractivity contribution in [2.24, 2.45) is 0 Å². The average molecular weight is 318 g/mol. The van der Waals surface area contributed by atoms with Crippen molar-refractivity contribution in [1.29, 1.82) is 0 Å².